The van der Waals surface area contributed by atoms with E-state index < -0.39 is 11.9 Å². The van der Waals surface area contributed by atoms with Gasteiger partial charge in [-0.3, -0.25) is 9.78 Å². The maximum absolute atomic E-state index is 12.4. The molecule has 190 valence electrons. The van der Waals surface area contributed by atoms with Gasteiger partial charge in [0.25, 0.3) is 0 Å². The van der Waals surface area contributed by atoms with Gasteiger partial charge < -0.3 is 0 Å². The molecular formula is C29H38O6. The summed E-state index contributed by atoms with van der Waals surface area (Å²) in [4.78, 5) is 45.0. The van der Waals surface area contributed by atoms with Crippen LogP contribution in [0.15, 0.2) is 48.5 Å². The van der Waals surface area contributed by atoms with Gasteiger partial charge in [-0.25, -0.2) is 9.59 Å². The Labute approximate surface area is 209 Å². The van der Waals surface area contributed by atoms with Crippen molar-refractivity contribution in [3.63, 3.8) is 0 Å². The summed E-state index contributed by atoms with van der Waals surface area (Å²) in [5.74, 6) is -1.31. The Bertz CT molecular complexity index is 792. The van der Waals surface area contributed by atoms with Crippen LogP contribution in [-0.2, 0) is 32.4 Å². The SMILES string of the molecule is [CH2]CCCCC[C](OOC(=O)c1ccc(CCCC)cc1)OOC(=O)c1ccc(CCCC)cc1. The Morgan fingerprint density at radius 1 is 0.629 bits per heavy atom. The van der Waals surface area contributed by atoms with Gasteiger partial charge >= 0.3 is 18.2 Å². The van der Waals surface area contributed by atoms with Crippen LogP contribution in [0.3, 0.4) is 0 Å². The van der Waals surface area contributed by atoms with Gasteiger partial charge in [0.05, 0.1) is 11.1 Å². The van der Waals surface area contributed by atoms with Crippen LogP contribution in [0, 0.1) is 13.2 Å². The van der Waals surface area contributed by atoms with E-state index in [-0.39, 0.29) is 6.29 Å². The summed E-state index contributed by atoms with van der Waals surface area (Å²) < 4.78 is 0. The van der Waals surface area contributed by atoms with Crippen molar-refractivity contribution < 1.29 is 29.1 Å². The first-order valence-corrected chi connectivity index (χ1v) is 12.7. The molecule has 2 aromatic carbocycles. The summed E-state index contributed by atoms with van der Waals surface area (Å²) in [6, 6.07) is 14.4. The minimum Gasteiger partial charge on any atom is -0.289 e. The lowest BCUT2D eigenvalue weighted by Gasteiger charge is -2.13. The fourth-order valence-corrected chi connectivity index (χ4v) is 3.36. The maximum Gasteiger partial charge on any atom is 0.373 e. The zero-order valence-electron chi connectivity index (χ0n) is 21.1. The summed E-state index contributed by atoms with van der Waals surface area (Å²) in [6.45, 7) is 8.10. The van der Waals surface area contributed by atoms with E-state index in [2.05, 4.69) is 20.8 Å². The second-order valence-electron chi connectivity index (χ2n) is 8.55. The van der Waals surface area contributed by atoms with Crippen LogP contribution >= 0.6 is 0 Å². The van der Waals surface area contributed by atoms with Crippen molar-refractivity contribution in [1.29, 1.82) is 0 Å². The smallest absolute Gasteiger partial charge is 0.289 e. The molecule has 0 unspecified atom stereocenters. The number of hydrogen-bond acceptors (Lipinski definition) is 6. The molecule has 6 nitrogen and oxygen atoms in total. The molecule has 2 rings (SSSR count). The van der Waals surface area contributed by atoms with Gasteiger partial charge in [-0.1, -0.05) is 77.1 Å². The van der Waals surface area contributed by atoms with Crippen molar-refractivity contribution >= 4 is 11.9 Å². The van der Waals surface area contributed by atoms with Crippen molar-refractivity contribution in [2.45, 2.75) is 84.5 Å². The van der Waals surface area contributed by atoms with E-state index in [0.717, 1.165) is 68.9 Å². The number of aryl methyl sites for hydroxylation is 2. The highest BCUT2D eigenvalue weighted by atomic mass is 17.3. The van der Waals surface area contributed by atoms with Gasteiger partial charge in [0.1, 0.15) is 0 Å². The minimum absolute atomic E-state index is 0.0881. The Morgan fingerprint density at radius 2 is 1.09 bits per heavy atom. The number of benzene rings is 2. The molecule has 0 aliphatic heterocycles. The second-order valence-corrected chi connectivity index (χ2v) is 8.55. The average Bonchev–Trinajstić information content (AvgIpc) is 2.90. The van der Waals surface area contributed by atoms with E-state index in [1.807, 2.05) is 24.3 Å². The normalized spacial score (nSPS) is 11.0. The highest BCUT2D eigenvalue weighted by molar-refractivity contribution is 5.89. The number of rotatable bonds is 17. The summed E-state index contributed by atoms with van der Waals surface area (Å²) in [6.07, 6.45) is 9.93. The zero-order chi connectivity index (χ0) is 25.3. The highest BCUT2D eigenvalue weighted by Gasteiger charge is 2.21. The standard InChI is InChI=1S/C29H38O6/c1-4-7-10-11-14-27(32-34-28(30)25-19-15-23(16-20-25)12-8-5-2)33-35-29(31)26-21-17-24(18-22-26)13-9-6-3/h15-22H,1,4-14H2,2-3H3. The molecule has 0 fully saturated rings. The second kappa shape index (κ2) is 16.8. The third-order valence-electron chi connectivity index (χ3n) is 5.57. The van der Waals surface area contributed by atoms with Crippen LogP contribution in [-0.4, -0.2) is 11.9 Å². The van der Waals surface area contributed by atoms with Gasteiger partial charge in [0.15, 0.2) is 0 Å². The molecule has 0 amide bonds. The molecule has 0 aliphatic carbocycles. The first-order valence-electron chi connectivity index (χ1n) is 12.7. The predicted molar refractivity (Wildman–Crippen MR) is 135 cm³/mol. The quantitative estimate of drug-likeness (QED) is 0.132. The highest BCUT2D eigenvalue weighted by Crippen LogP contribution is 2.19. The topological polar surface area (TPSA) is 71.1 Å². The first kappa shape index (κ1) is 28.5. The number of carbonyl (C=O) groups excluding carboxylic acids is 2. The lowest BCUT2D eigenvalue weighted by molar-refractivity contribution is -0.363. The largest absolute Gasteiger partial charge is 0.373 e. The van der Waals surface area contributed by atoms with E-state index in [1.165, 1.54) is 0 Å². The molecule has 0 N–H and O–H groups in total. The third-order valence-corrected chi connectivity index (χ3v) is 5.57. The average molecular weight is 483 g/mol. The Kier molecular flexibility index (Phi) is 13.7. The Balaban J connectivity index is 1.88. The molecule has 6 heteroatoms. The molecule has 2 aromatic rings. The number of hydrogen-bond donors (Lipinski definition) is 0. The van der Waals surface area contributed by atoms with E-state index in [4.69, 9.17) is 19.6 Å². The van der Waals surface area contributed by atoms with Crippen molar-refractivity contribution in [1.82, 2.24) is 0 Å². The van der Waals surface area contributed by atoms with Crippen LogP contribution in [0.1, 0.15) is 103 Å². The summed E-state index contributed by atoms with van der Waals surface area (Å²) in [7, 11) is 0. The summed E-state index contributed by atoms with van der Waals surface area (Å²) in [5.41, 5.74) is 3.05. The zero-order valence-corrected chi connectivity index (χ0v) is 21.1. The molecule has 0 heterocycles. The van der Waals surface area contributed by atoms with Crippen molar-refractivity contribution in [3.05, 3.63) is 84.0 Å². The van der Waals surface area contributed by atoms with E-state index >= 15 is 0 Å². The Morgan fingerprint density at radius 3 is 1.49 bits per heavy atom. The summed E-state index contributed by atoms with van der Waals surface area (Å²) >= 11 is 0. The molecule has 0 bridgehead atoms. The summed E-state index contributed by atoms with van der Waals surface area (Å²) in [5, 5.41) is 0. The van der Waals surface area contributed by atoms with Crippen LogP contribution in [0.2, 0.25) is 0 Å². The fraction of sp³-hybridized carbons (Fsp3) is 0.448. The van der Waals surface area contributed by atoms with E-state index in [0.29, 0.717) is 24.0 Å². The lowest BCUT2D eigenvalue weighted by Crippen LogP contribution is -2.16. The lowest BCUT2D eigenvalue weighted by atomic mass is 10.1. The first-order chi connectivity index (χ1) is 17.1. The van der Waals surface area contributed by atoms with E-state index in [9.17, 15) is 9.59 Å². The van der Waals surface area contributed by atoms with Crippen LogP contribution in [0.4, 0.5) is 0 Å². The predicted octanol–water partition coefficient (Wildman–Crippen LogP) is 7.52. The molecule has 35 heavy (non-hydrogen) atoms. The third kappa shape index (κ3) is 11.1. The monoisotopic (exact) mass is 482 g/mol. The van der Waals surface area contributed by atoms with E-state index in [1.54, 1.807) is 24.3 Å². The molecule has 0 aliphatic rings. The van der Waals surface area contributed by atoms with Gasteiger partial charge in [-0.15, -0.1) is 9.78 Å². The number of carbonyl (C=O) groups is 2. The van der Waals surface area contributed by atoms with Crippen LogP contribution in [0.25, 0.3) is 0 Å². The van der Waals surface area contributed by atoms with Crippen LogP contribution in [0.5, 0.6) is 0 Å². The molecule has 0 aromatic heterocycles. The van der Waals surface area contributed by atoms with Gasteiger partial charge in [0, 0.05) is 6.42 Å². The molecule has 2 radical (unpaired) electrons. The number of unbranched alkanes of at least 4 members (excludes halogenated alkanes) is 5. The van der Waals surface area contributed by atoms with Crippen molar-refractivity contribution in [2.75, 3.05) is 0 Å². The maximum atomic E-state index is 12.4. The van der Waals surface area contributed by atoms with Gasteiger partial charge in [-0.05, 0) is 67.5 Å². The molecule has 0 spiro atoms. The minimum atomic E-state index is -0.653. The van der Waals surface area contributed by atoms with Crippen LogP contribution < -0.4 is 0 Å². The molecular weight excluding hydrogens is 444 g/mol. The molecule has 0 saturated carbocycles. The van der Waals surface area contributed by atoms with Crippen molar-refractivity contribution in [2.24, 2.45) is 0 Å². The fourth-order valence-electron chi connectivity index (χ4n) is 3.36. The Hall–Kier alpha value is -2.70. The molecule has 0 atom stereocenters. The van der Waals surface area contributed by atoms with Gasteiger partial charge in [0.2, 0.25) is 0 Å². The van der Waals surface area contributed by atoms with Gasteiger partial charge in [-0.2, -0.15) is 0 Å². The van der Waals surface area contributed by atoms with Crippen molar-refractivity contribution in [3.8, 4) is 0 Å². The molecule has 0 saturated heterocycles.